The Morgan fingerprint density at radius 3 is 2.58 bits per heavy atom. The van der Waals surface area contributed by atoms with E-state index in [1.165, 1.54) is 0 Å². The fourth-order valence-corrected chi connectivity index (χ4v) is 4.34. The molecule has 2 saturated carbocycles. The first-order valence-corrected chi connectivity index (χ1v) is 10.8. The molecule has 0 unspecified atom stereocenters. The molecular formula is C22H19ClF3N3O4. The summed E-state index contributed by atoms with van der Waals surface area (Å²) in [5.41, 5.74) is -2.47. The average molecular weight is 482 g/mol. The summed E-state index contributed by atoms with van der Waals surface area (Å²) in [4.78, 5) is 13.0. The third-order valence-electron chi connectivity index (χ3n) is 5.83. The van der Waals surface area contributed by atoms with Crippen LogP contribution >= 0.6 is 11.6 Å². The van der Waals surface area contributed by atoms with E-state index >= 15 is 0 Å². The van der Waals surface area contributed by atoms with Crippen molar-refractivity contribution in [2.24, 2.45) is 0 Å². The highest BCUT2D eigenvalue weighted by Crippen LogP contribution is 2.47. The van der Waals surface area contributed by atoms with Crippen LogP contribution in [-0.4, -0.2) is 37.7 Å². The van der Waals surface area contributed by atoms with Crippen LogP contribution < -0.4 is 0 Å². The fraction of sp³-hybridized carbons (Fsp3) is 0.409. The second kappa shape index (κ2) is 7.59. The quantitative estimate of drug-likeness (QED) is 0.498. The van der Waals surface area contributed by atoms with E-state index in [1.54, 1.807) is 31.2 Å². The van der Waals surface area contributed by atoms with Gasteiger partial charge in [0, 0.05) is 5.56 Å². The number of hydrogen-bond acceptors (Lipinski definition) is 6. The van der Waals surface area contributed by atoms with E-state index in [-0.39, 0.29) is 41.0 Å². The maximum Gasteiger partial charge on any atom is 0.433 e. The number of aromatic nitrogens is 3. The summed E-state index contributed by atoms with van der Waals surface area (Å²) in [6.07, 6.45) is -2.49. The first-order valence-electron chi connectivity index (χ1n) is 10.4. The van der Waals surface area contributed by atoms with E-state index in [2.05, 4.69) is 10.3 Å². The monoisotopic (exact) mass is 481 g/mol. The Morgan fingerprint density at radius 2 is 1.97 bits per heavy atom. The first kappa shape index (κ1) is 22.0. The zero-order valence-electron chi connectivity index (χ0n) is 17.4. The van der Waals surface area contributed by atoms with Crippen molar-refractivity contribution in [1.82, 2.24) is 14.9 Å². The molecule has 0 spiro atoms. The minimum Gasteiger partial charge on any atom is -0.459 e. The number of halogens is 4. The lowest BCUT2D eigenvalue weighted by molar-refractivity contribution is -0.148. The van der Waals surface area contributed by atoms with Crippen molar-refractivity contribution in [3.8, 4) is 22.6 Å². The normalized spacial score (nSPS) is 22.8. The average Bonchev–Trinajstić information content (AvgIpc) is 3.24. The summed E-state index contributed by atoms with van der Waals surface area (Å²) in [6, 6.07) is 5.85. The number of aliphatic hydroxyl groups is 1. The lowest BCUT2D eigenvalue weighted by atomic mass is 9.77. The molecular weight excluding hydrogens is 463 g/mol. The van der Waals surface area contributed by atoms with Crippen molar-refractivity contribution in [3.63, 3.8) is 0 Å². The molecule has 2 heterocycles. The van der Waals surface area contributed by atoms with Crippen molar-refractivity contribution < 1.29 is 32.3 Å². The topological polar surface area (TPSA) is 90.4 Å². The summed E-state index contributed by atoms with van der Waals surface area (Å²) in [5.74, 6) is -1.23. The van der Waals surface area contributed by atoms with Crippen LogP contribution in [0.3, 0.4) is 0 Å². The Kier molecular flexibility index (Phi) is 5.06. The Hall–Kier alpha value is -2.85. The SMILES string of the molecule is CC1(O)CC(n2ncc(-c3onc(-c4ccccc4Cl)c3C(=O)OC3CC3)c2C(F)(F)F)C1. The van der Waals surface area contributed by atoms with Gasteiger partial charge in [-0.1, -0.05) is 35.0 Å². The molecule has 0 aliphatic heterocycles. The van der Waals surface area contributed by atoms with Gasteiger partial charge in [0.15, 0.2) is 11.5 Å². The maximum atomic E-state index is 14.2. The zero-order chi connectivity index (χ0) is 23.5. The minimum absolute atomic E-state index is 0.00583. The van der Waals surface area contributed by atoms with Gasteiger partial charge in [-0.05, 0) is 38.7 Å². The third kappa shape index (κ3) is 4.02. The van der Waals surface area contributed by atoms with Gasteiger partial charge in [0.2, 0.25) is 0 Å². The molecule has 0 saturated heterocycles. The largest absolute Gasteiger partial charge is 0.459 e. The number of hydrogen-bond donors (Lipinski definition) is 1. The molecule has 0 radical (unpaired) electrons. The summed E-state index contributed by atoms with van der Waals surface area (Å²) in [5, 5.41) is 18.1. The highest BCUT2D eigenvalue weighted by atomic mass is 35.5. The van der Waals surface area contributed by atoms with Gasteiger partial charge < -0.3 is 14.4 Å². The number of rotatable bonds is 5. The molecule has 0 bridgehead atoms. The van der Waals surface area contributed by atoms with Gasteiger partial charge >= 0.3 is 12.1 Å². The number of benzene rings is 1. The molecule has 11 heteroatoms. The number of alkyl halides is 3. The molecule has 2 aliphatic carbocycles. The van der Waals surface area contributed by atoms with Gasteiger partial charge in [-0.15, -0.1) is 0 Å². The van der Waals surface area contributed by atoms with E-state index < -0.39 is 35.0 Å². The zero-order valence-corrected chi connectivity index (χ0v) is 18.2. The predicted octanol–water partition coefficient (Wildman–Crippen LogP) is 5.28. The van der Waals surface area contributed by atoms with Crippen LogP contribution in [0.2, 0.25) is 5.02 Å². The molecule has 1 N–H and O–H groups in total. The van der Waals surface area contributed by atoms with Crippen molar-refractivity contribution >= 4 is 17.6 Å². The van der Waals surface area contributed by atoms with Gasteiger partial charge in [0.1, 0.15) is 17.4 Å². The van der Waals surface area contributed by atoms with Crippen molar-refractivity contribution in [2.45, 2.75) is 56.5 Å². The van der Waals surface area contributed by atoms with E-state index in [1.807, 2.05) is 0 Å². The van der Waals surface area contributed by atoms with Crippen LogP contribution in [0.15, 0.2) is 35.0 Å². The summed E-state index contributed by atoms with van der Waals surface area (Å²) < 4.78 is 54.0. The molecule has 2 aromatic heterocycles. The molecule has 5 rings (SSSR count). The van der Waals surface area contributed by atoms with Crippen LogP contribution in [0.5, 0.6) is 0 Å². The van der Waals surface area contributed by atoms with Gasteiger partial charge in [-0.2, -0.15) is 18.3 Å². The van der Waals surface area contributed by atoms with Crippen LogP contribution in [0, 0.1) is 0 Å². The van der Waals surface area contributed by atoms with Crippen molar-refractivity contribution in [2.75, 3.05) is 0 Å². The summed E-state index contributed by atoms with van der Waals surface area (Å²) in [7, 11) is 0. The molecule has 1 aromatic carbocycles. The Labute approximate surface area is 191 Å². The molecule has 33 heavy (non-hydrogen) atoms. The second-order valence-electron chi connectivity index (χ2n) is 8.73. The Bertz CT molecular complexity index is 1220. The molecule has 2 fully saturated rings. The smallest absolute Gasteiger partial charge is 0.433 e. The minimum atomic E-state index is -4.80. The van der Waals surface area contributed by atoms with Crippen molar-refractivity contribution in [1.29, 1.82) is 0 Å². The standard InChI is InChI=1S/C22H19ClF3N3O4/c1-21(31)8-11(9-21)29-19(22(24,25)26)14(10-27-29)18-16(20(30)32-12-6-7-12)17(28-33-18)13-4-2-3-5-15(13)23/h2-5,10-12,31H,6-9H2,1H3. The van der Waals surface area contributed by atoms with E-state index in [0.29, 0.717) is 18.4 Å². The molecule has 174 valence electrons. The molecule has 0 atom stereocenters. The maximum absolute atomic E-state index is 14.2. The third-order valence-corrected chi connectivity index (χ3v) is 6.16. The number of carbonyl (C=O) groups excluding carboxylic acids is 1. The lowest BCUT2D eigenvalue weighted by Crippen LogP contribution is -2.43. The Morgan fingerprint density at radius 1 is 1.27 bits per heavy atom. The van der Waals surface area contributed by atoms with E-state index in [4.69, 9.17) is 20.9 Å². The van der Waals surface area contributed by atoms with Crippen LogP contribution in [0.1, 0.15) is 54.7 Å². The van der Waals surface area contributed by atoms with Crippen LogP contribution in [0.25, 0.3) is 22.6 Å². The first-order chi connectivity index (χ1) is 15.5. The number of ether oxygens (including phenoxy) is 1. The van der Waals surface area contributed by atoms with Crippen molar-refractivity contribution in [3.05, 3.63) is 46.7 Å². The van der Waals surface area contributed by atoms with Crippen LogP contribution in [0.4, 0.5) is 13.2 Å². The number of nitrogens with zero attached hydrogens (tertiary/aromatic N) is 3. The fourth-order valence-electron chi connectivity index (χ4n) is 4.11. The van der Waals surface area contributed by atoms with Crippen LogP contribution in [-0.2, 0) is 10.9 Å². The summed E-state index contributed by atoms with van der Waals surface area (Å²) >= 11 is 6.26. The second-order valence-corrected chi connectivity index (χ2v) is 9.14. The number of carbonyl (C=O) groups is 1. The molecule has 3 aromatic rings. The van der Waals surface area contributed by atoms with Gasteiger partial charge in [0.05, 0.1) is 28.4 Å². The van der Waals surface area contributed by atoms with Gasteiger partial charge in [-0.25, -0.2) is 4.79 Å². The predicted molar refractivity (Wildman–Crippen MR) is 111 cm³/mol. The van der Waals surface area contributed by atoms with Gasteiger partial charge in [0.25, 0.3) is 0 Å². The summed E-state index contributed by atoms with van der Waals surface area (Å²) in [6.45, 7) is 1.56. The van der Waals surface area contributed by atoms with E-state index in [0.717, 1.165) is 10.9 Å². The highest BCUT2D eigenvalue weighted by Gasteiger charge is 2.47. The van der Waals surface area contributed by atoms with Gasteiger partial charge in [-0.3, -0.25) is 4.68 Å². The molecule has 2 aliphatic rings. The highest BCUT2D eigenvalue weighted by molar-refractivity contribution is 6.33. The lowest BCUT2D eigenvalue weighted by Gasteiger charge is -2.41. The van der Waals surface area contributed by atoms with E-state index in [9.17, 15) is 23.1 Å². The Balaban J connectivity index is 1.66. The molecule has 7 nitrogen and oxygen atoms in total. The number of esters is 1. The molecule has 0 amide bonds.